The van der Waals surface area contributed by atoms with Crippen molar-refractivity contribution in [2.75, 3.05) is 36.8 Å². The molecule has 3 aromatic rings. The number of halogens is 1. The number of amides is 1. The molecule has 3 aromatic carbocycles. The molecule has 3 fully saturated rings. The van der Waals surface area contributed by atoms with E-state index in [1.54, 1.807) is 12.1 Å². The highest BCUT2D eigenvalue weighted by molar-refractivity contribution is 5.97. The lowest BCUT2D eigenvalue weighted by Crippen LogP contribution is -3.00. The fourth-order valence-corrected chi connectivity index (χ4v) is 5.79. The largest absolute Gasteiger partial charge is 1.00 e. The summed E-state index contributed by atoms with van der Waals surface area (Å²) in [6, 6.07) is 25.5. The van der Waals surface area contributed by atoms with Gasteiger partial charge in [-0.15, -0.1) is 0 Å². The maximum atomic E-state index is 13.7. The first-order valence-corrected chi connectivity index (χ1v) is 13.2. The van der Waals surface area contributed by atoms with Crippen molar-refractivity contribution in [2.24, 2.45) is 5.92 Å². The molecule has 2 N–H and O–H groups in total. The number of nitrogens with zero attached hydrogens (tertiary/aromatic N) is 1. The van der Waals surface area contributed by atoms with Gasteiger partial charge in [0.15, 0.2) is 12.1 Å². The second-order valence-corrected chi connectivity index (χ2v) is 10.5. The maximum Gasteiger partial charge on any atom is 0.333 e. The molecule has 3 heterocycles. The molecule has 7 nitrogen and oxygen atoms in total. The number of anilines is 2. The van der Waals surface area contributed by atoms with Crippen LogP contribution in [0.4, 0.5) is 11.4 Å². The first-order valence-electron chi connectivity index (χ1n) is 13.2. The summed E-state index contributed by atoms with van der Waals surface area (Å²) in [5.41, 5.74) is 2.88. The number of fused-ring (bicyclic) bond motifs is 3. The Hall–Kier alpha value is -3.49. The Labute approximate surface area is 239 Å². The van der Waals surface area contributed by atoms with Crippen molar-refractivity contribution < 1.29 is 40.6 Å². The van der Waals surface area contributed by atoms with Crippen molar-refractivity contribution in [2.45, 2.75) is 31.9 Å². The Morgan fingerprint density at radius 2 is 1.54 bits per heavy atom. The molecule has 3 aliphatic heterocycles. The van der Waals surface area contributed by atoms with E-state index in [2.05, 4.69) is 10.6 Å². The van der Waals surface area contributed by atoms with Crippen molar-refractivity contribution in [3.05, 3.63) is 96.1 Å². The van der Waals surface area contributed by atoms with Gasteiger partial charge < -0.3 is 36.8 Å². The minimum Gasteiger partial charge on any atom is -1.00 e. The van der Waals surface area contributed by atoms with E-state index in [0.717, 1.165) is 37.1 Å². The molecule has 6 rings (SSSR count). The summed E-state index contributed by atoms with van der Waals surface area (Å²) < 4.78 is 6.89. The van der Waals surface area contributed by atoms with Crippen LogP contribution < -0.4 is 27.6 Å². The van der Waals surface area contributed by atoms with Gasteiger partial charge in [0.2, 0.25) is 11.7 Å². The Bertz CT molecular complexity index is 1290. The van der Waals surface area contributed by atoms with Crippen LogP contribution in [0.1, 0.15) is 41.7 Å². The monoisotopic (exact) mass is 591 g/mol. The van der Waals surface area contributed by atoms with Crippen LogP contribution in [0, 0.1) is 5.92 Å². The van der Waals surface area contributed by atoms with Crippen LogP contribution >= 0.6 is 0 Å². The lowest BCUT2D eigenvalue weighted by atomic mass is 9.82. The van der Waals surface area contributed by atoms with E-state index in [-0.39, 0.29) is 40.7 Å². The molecular formula is C31H34BrN3O4. The van der Waals surface area contributed by atoms with E-state index in [1.165, 1.54) is 6.92 Å². The number of carbonyl (C=O) groups is 3. The highest BCUT2D eigenvalue weighted by Gasteiger charge is 2.49. The number of rotatable bonds is 9. The Kier molecular flexibility index (Phi) is 9.20. The number of nitrogens with one attached hydrogen (secondary N) is 2. The molecular weight excluding hydrogens is 558 g/mol. The molecule has 204 valence electrons. The van der Waals surface area contributed by atoms with Gasteiger partial charge in [-0.25, -0.2) is 4.79 Å². The van der Waals surface area contributed by atoms with Crippen LogP contribution in [-0.2, 0) is 14.3 Å². The molecule has 1 amide bonds. The molecule has 8 heteroatoms. The molecule has 2 atom stereocenters. The zero-order valence-corrected chi connectivity index (χ0v) is 23.6. The van der Waals surface area contributed by atoms with Gasteiger partial charge in [-0.2, -0.15) is 0 Å². The summed E-state index contributed by atoms with van der Waals surface area (Å²) in [7, 11) is 0. The number of carbonyl (C=O) groups excluding carboxylic acids is 3. The van der Waals surface area contributed by atoms with Crippen LogP contribution in [-0.4, -0.2) is 54.4 Å². The van der Waals surface area contributed by atoms with Crippen LogP contribution in [0.25, 0.3) is 0 Å². The van der Waals surface area contributed by atoms with Crippen molar-refractivity contribution >= 4 is 29.0 Å². The average molecular weight is 593 g/mol. The predicted molar refractivity (Wildman–Crippen MR) is 147 cm³/mol. The first kappa shape index (κ1) is 28.5. The molecule has 39 heavy (non-hydrogen) atoms. The van der Waals surface area contributed by atoms with Crippen molar-refractivity contribution in [1.82, 2.24) is 0 Å². The number of esters is 1. The Morgan fingerprint density at radius 3 is 2.21 bits per heavy atom. The number of Topliss-reactive ketones (excluding diaryl/α,β-unsaturated/α-hetero) is 1. The van der Waals surface area contributed by atoms with Gasteiger partial charge in [0.1, 0.15) is 13.1 Å². The minimum absolute atomic E-state index is 0. The van der Waals surface area contributed by atoms with E-state index in [4.69, 9.17) is 4.74 Å². The van der Waals surface area contributed by atoms with Gasteiger partial charge in [-0.3, -0.25) is 9.59 Å². The lowest BCUT2D eigenvalue weighted by Gasteiger charge is -2.51. The number of hydrogen-bond donors (Lipinski definition) is 2. The zero-order chi connectivity index (χ0) is 26.5. The summed E-state index contributed by atoms with van der Waals surface area (Å²) in [5, 5.41) is 6.10. The van der Waals surface area contributed by atoms with Gasteiger partial charge in [-0.05, 0) is 23.8 Å². The number of piperidine rings is 3. The minimum atomic E-state index is -0.710. The highest BCUT2D eigenvalue weighted by Crippen LogP contribution is 2.37. The lowest BCUT2D eigenvalue weighted by molar-refractivity contribution is -0.938. The van der Waals surface area contributed by atoms with Gasteiger partial charge in [-0.1, -0.05) is 66.7 Å². The molecule has 0 radical (unpaired) electrons. The fraction of sp³-hybridized carbons (Fsp3) is 0.323. The van der Waals surface area contributed by atoms with Crippen LogP contribution in [0.5, 0.6) is 0 Å². The normalized spacial score (nSPS) is 22.2. The van der Waals surface area contributed by atoms with Gasteiger partial charge in [0.25, 0.3) is 0 Å². The topological polar surface area (TPSA) is 84.5 Å². The van der Waals surface area contributed by atoms with Crippen LogP contribution in [0.15, 0.2) is 84.9 Å². The summed E-state index contributed by atoms with van der Waals surface area (Å²) in [5.74, 6) is -0.0528. The third-order valence-corrected chi connectivity index (χ3v) is 7.75. The molecule has 0 spiro atoms. The second kappa shape index (κ2) is 12.6. The fourth-order valence-electron chi connectivity index (χ4n) is 5.79. The molecule has 1 unspecified atom stereocenters. The standard InChI is InChI=1S/C31H33N3O4.BrH/c1-22(35)32-26-13-8-14-27(19-26)33-30(25-11-6-3-7-12-25)31(37)38-29-21-34(17-15-24(29)16-18-34)20-28(36)23-9-4-2-5-10-23;/h2-14,19,24,29-30,33H,15-18,20-21H2,1H3;1H/t24?,29-,30?,34?;/m0./s1. The highest BCUT2D eigenvalue weighted by atomic mass is 79.9. The smallest absolute Gasteiger partial charge is 0.333 e. The van der Waals surface area contributed by atoms with Gasteiger partial charge in [0.05, 0.1) is 13.1 Å². The second-order valence-electron chi connectivity index (χ2n) is 10.5. The summed E-state index contributed by atoms with van der Waals surface area (Å²) >= 11 is 0. The molecule has 0 aliphatic carbocycles. The number of ketones is 1. The molecule has 0 aromatic heterocycles. The van der Waals surface area contributed by atoms with Gasteiger partial charge in [0, 0.05) is 42.6 Å². The Morgan fingerprint density at radius 1 is 0.897 bits per heavy atom. The summed E-state index contributed by atoms with van der Waals surface area (Å²) in [6.07, 6.45) is 1.66. The Balaban J connectivity index is 0.00000353. The van der Waals surface area contributed by atoms with Gasteiger partial charge >= 0.3 is 5.97 Å². The number of quaternary nitrogens is 1. The predicted octanol–water partition coefficient (Wildman–Crippen LogP) is 1.84. The van der Waals surface area contributed by atoms with E-state index >= 15 is 0 Å². The maximum absolute atomic E-state index is 13.7. The molecule has 0 saturated carbocycles. The van der Waals surface area contributed by atoms with Crippen molar-refractivity contribution in [1.29, 1.82) is 0 Å². The van der Waals surface area contributed by atoms with Crippen LogP contribution in [0.2, 0.25) is 0 Å². The van der Waals surface area contributed by atoms with E-state index < -0.39 is 6.04 Å². The molecule has 3 saturated heterocycles. The quantitative estimate of drug-likeness (QED) is 0.225. The van der Waals surface area contributed by atoms with Crippen LogP contribution in [0.3, 0.4) is 0 Å². The number of benzene rings is 3. The SMILES string of the molecule is CC(=O)Nc1cccc(NC(C(=O)O[C@H]2C[N+]3(CC(=O)c4ccccc4)CCC2CC3)c2ccccc2)c1.[Br-]. The van der Waals surface area contributed by atoms with E-state index in [9.17, 15) is 14.4 Å². The molecule has 3 aliphatic rings. The van der Waals surface area contributed by atoms with Crippen molar-refractivity contribution in [3.63, 3.8) is 0 Å². The summed E-state index contributed by atoms with van der Waals surface area (Å²) in [4.78, 5) is 38.2. The third-order valence-electron chi connectivity index (χ3n) is 7.75. The van der Waals surface area contributed by atoms with Crippen molar-refractivity contribution in [3.8, 4) is 0 Å². The number of hydrogen-bond acceptors (Lipinski definition) is 5. The summed E-state index contributed by atoms with van der Waals surface area (Å²) in [6.45, 7) is 4.43. The zero-order valence-electron chi connectivity index (χ0n) is 22.0. The first-order chi connectivity index (χ1) is 18.4. The average Bonchev–Trinajstić information content (AvgIpc) is 2.93. The van der Waals surface area contributed by atoms with E-state index in [1.807, 2.05) is 72.8 Å². The van der Waals surface area contributed by atoms with E-state index in [0.29, 0.717) is 34.9 Å². The molecule has 2 bridgehead atoms. The number of ether oxygens (including phenoxy) is 1. The third kappa shape index (κ3) is 6.94.